The summed E-state index contributed by atoms with van der Waals surface area (Å²) in [6.45, 7) is 4.40. The first-order chi connectivity index (χ1) is 29.8. The summed E-state index contributed by atoms with van der Waals surface area (Å²) in [4.78, 5) is 2.31. The number of anilines is 3. The van der Waals surface area contributed by atoms with Gasteiger partial charge in [-0.2, -0.15) is 0 Å². The molecule has 62 heavy (non-hydrogen) atoms. The largest absolute Gasteiger partial charge is 0.309 e. The standard InChI is InChI=1S/C52H30B9N/c1-51(2)34-15-9-17-39(41(34)31-23-24-36(53)46(57)43(31)51)62(30-21-19-27(20-22-30)32-25-37(54)48(59)50(61)45(32)56)40-18-10-16-35-42(40)33-26-38(55)47(58)49(60)44(33)52(35,28-11-5-3-6-12-28)29-13-7-4-8-14-29/h3-26H,1-2H3. The van der Waals surface area contributed by atoms with Gasteiger partial charge in [-0.25, -0.2) is 0 Å². The molecule has 10 rings (SSSR count). The molecule has 10 heteroatoms. The van der Waals surface area contributed by atoms with Gasteiger partial charge in [0.05, 0.1) is 16.8 Å². The summed E-state index contributed by atoms with van der Waals surface area (Å²) in [5.41, 5.74) is 16.5. The minimum Gasteiger partial charge on any atom is -0.309 e. The van der Waals surface area contributed by atoms with Crippen molar-refractivity contribution in [2.75, 3.05) is 4.90 Å². The van der Waals surface area contributed by atoms with Crippen molar-refractivity contribution < 1.29 is 0 Å². The average Bonchev–Trinajstić information content (AvgIpc) is 3.72. The summed E-state index contributed by atoms with van der Waals surface area (Å²) < 4.78 is 0. The van der Waals surface area contributed by atoms with Crippen LogP contribution in [0.1, 0.15) is 47.2 Å². The monoisotopic (exact) mass is 767 g/mol. The lowest BCUT2D eigenvalue weighted by atomic mass is 9.61. The molecule has 0 amide bonds. The van der Waals surface area contributed by atoms with Crippen LogP contribution in [0.25, 0.3) is 33.4 Å². The van der Waals surface area contributed by atoms with Crippen molar-refractivity contribution in [3.63, 3.8) is 0 Å². The molecule has 0 aliphatic heterocycles. The van der Waals surface area contributed by atoms with E-state index < -0.39 is 10.8 Å². The molecule has 2 aliphatic rings. The van der Waals surface area contributed by atoms with Crippen molar-refractivity contribution in [3.05, 3.63) is 179 Å². The molecule has 8 aromatic carbocycles. The van der Waals surface area contributed by atoms with Gasteiger partial charge in [-0.05, 0) is 79.9 Å². The maximum absolute atomic E-state index is 7.23. The Hall–Kier alpha value is -5.86. The molecule has 8 aromatic rings. The van der Waals surface area contributed by atoms with Gasteiger partial charge in [0, 0.05) is 22.2 Å². The molecule has 0 atom stereocenters. The van der Waals surface area contributed by atoms with Crippen LogP contribution in [0.5, 0.6) is 0 Å². The highest BCUT2D eigenvalue weighted by molar-refractivity contribution is 6.63. The zero-order chi connectivity index (χ0) is 43.4. The average molecular weight is 766 g/mol. The Kier molecular flexibility index (Phi) is 9.49. The number of rotatable bonds is 6. The van der Waals surface area contributed by atoms with Crippen LogP contribution >= 0.6 is 0 Å². The van der Waals surface area contributed by atoms with Crippen LogP contribution in [0.2, 0.25) is 0 Å². The third kappa shape index (κ3) is 5.61. The highest BCUT2D eigenvalue weighted by Crippen LogP contribution is 2.60. The summed E-state index contributed by atoms with van der Waals surface area (Å²) in [6.07, 6.45) is 0. The van der Waals surface area contributed by atoms with Gasteiger partial charge in [-0.3, -0.25) is 0 Å². The van der Waals surface area contributed by atoms with E-state index in [9.17, 15) is 0 Å². The molecule has 1 nitrogen and oxygen atoms in total. The van der Waals surface area contributed by atoms with E-state index in [1.54, 1.807) is 6.07 Å². The second-order valence-electron chi connectivity index (χ2n) is 16.8. The Bertz CT molecular complexity index is 3100. The van der Waals surface area contributed by atoms with Crippen LogP contribution in [0.15, 0.2) is 146 Å². The van der Waals surface area contributed by atoms with Crippen molar-refractivity contribution >= 4 is 137 Å². The third-order valence-corrected chi connectivity index (χ3v) is 13.2. The van der Waals surface area contributed by atoms with Crippen LogP contribution in [0.3, 0.4) is 0 Å². The zero-order valence-electron chi connectivity index (χ0n) is 34.5. The van der Waals surface area contributed by atoms with E-state index in [1.807, 2.05) is 36.4 Å². The minimum atomic E-state index is -0.865. The van der Waals surface area contributed by atoms with Crippen LogP contribution < -0.4 is 54.1 Å². The van der Waals surface area contributed by atoms with Gasteiger partial charge in [0.1, 0.15) is 70.6 Å². The fourth-order valence-corrected chi connectivity index (χ4v) is 10.3. The van der Waals surface area contributed by atoms with E-state index in [1.165, 1.54) is 0 Å². The lowest BCUT2D eigenvalue weighted by Gasteiger charge is -2.36. The lowest BCUT2D eigenvalue weighted by Crippen LogP contribution is -2.47. The second kappa shape index (κ2) is 14.6. The predicted molar refractivity (Wildman–Crippen MR) is 270 cm³/mol. The summed E-state index contributed by atoms with van der Waals surface area (Å²) >= 11 is 0. The summed E-state index contributed by atoms with van der Waals surface area (Å²) in [7, 11) is 59.5. The smallest absolute Gasteiger partial charge is 0.113 e. The highest BCUT2D eigenvalue weighted by Gasteiger charge is 2.49. The second-order valence-corrected chi connectivity index (χ2v) is 16.8. The van der Waals surface area contributed by atoms with Crippen molar-refractivity contribution in [3.8, 4) is 33.4 Å². The van der Waals surface area contributed by atoms with Crippen LogP contribution in [-0.2, 0) is 10.8 Å². The first-order valence-corrected chi connectivity index (χ1v) is 20.5. The molecule has 0 N–H and O–H groups in total. The minimum absolute atomic E-state index is 0.254. The first kappa shape index (κ1) is 40.2. The molecule has 2 aliphatic carbocycles. The van der Waals surface area contributed by atoms with Gasteiger partial charge in [0.2, 0.25) is 0 Å². The molecule has 270 valence electrons. The number of benzene rings is 8. The van der Waals surface area contributed by atoms with Crippen LogP contribution in [0.4, 0.5) is 17.1 Å². The summed E-state index contributed by atoms with van der Waals surface area (Å²) in [5.74, 6) is 0. The highest BCUT2D eigenvalue weighted by atomic mass is 15.1. The van der Waals surface area contributed by atoms with Gasteiger partial charge in [-0.1, -0.05) is 152 Å². The van der Waals surface area contributed by atoms with Crippen molar-refractivity contribution in [2.24, 2.45) is 0 Å². The summed E-state index contributed by atoms with van der Waals surface area (Å²) in [5, 5.41) is 0. The van der Waals surface area contributed by atoms with E-state index in [0.29, 0.717) is 43.8 Å². The van der Waals surface area contributed by atoms with Crippen LogP contribution in [-0.4, -0.2) is 70.6 Å². The van der Waals surface area contributed by atoms with Gasteiger partial charge in [0.25, 0.3) is 0 Å². The molecule has 0 saturated carbocycles. The number of fused-ring (bicyclic) bond motifs is 6. The number of nitrogens with zero attached hydrogens (tertiary/aromatic N) is 1. The fraction of sp³-hybridized carbons (Fsp3) is 0.0769. The maximum Gasteiger partial charge on any atom is 0.113 e. The van der Waals surface area contributed by atoms with Crippen molar-refractivity contribution in [1.29, 1.82) is 0 Å². The number of hydrogen-bond donors (Lipinski definition) is 0. The lowest BCUT2D eigenvalue weighted by molar-refractivity contribution is 0.665. The quantitative estimate of drug-likeness (QED) is 0.236. The van der Waals surface area contributed by atoms with Gasteiger partial charge >= 0.3 is 0 Å². The predicted octanol–water partition coefficient (Wildman–Crippen LogP) is 2.64. The van der Waals surface area contributed by atoms with E-state index >= 15 is 0 Å². The first-order valence-electron chi connectivity index (χ1n) is 20.5. The Morgan fingerprint density at radius 3 is 1.52 bits per heavy atom. The molecule has 0 heterocycles. The molecule has 18 radical (unpaired) electrons. The third-order valence-electron chi connectivity index (χ3n) is 13.2. The molecular weight excluding hydrogens is 736 g/mol. The summed E-state index contributed by atoms with van der Waals surface area (Å²) in [6, 6.07) is 49.8. The fourth-order valence-electron chi connectivity index (χ4n) is 10.3. The molecule has 0 unspecified atom stereocenters. The van der Waals surface area contributed by atoms with Crippen LogP contribution in [0, 0.1) is 0 Å². The van der Waals surface area contributed by atoms with E-state index in [2.05, 4.69) is 122 Å². The Morgan fingerprint density at radius 2 is 0.919 bits per heavy atom. The SMILES string of the molecule is [B]c1cc(-c2ccc(N(c3cccc4c3-c3ccc([B])c([B])c3C4(C)C)c3cccc4c3-c3cc([B])c([B])c([B])c3C4(c3ccccc3)c3ccccc3)cc2)c([B])c([B])c1[B]. The van der Waals surface area contributed by atoms with Crippen molar-refractivity contribution in [2.45, 2.75) is 24.7 Å². The molecular formula is C52H30B9N. The molecule has 0 fully saturated rings. The Morgan fingerprint density at radius 1 is 0.387 bits per heavy atom. The van der Waals surface area contributed by atoms with Gasteiger partial charge in [-0.15, -0.1) is 32.8 Å². The van der Waals surface area contributed by atoms with Gasteiger partial charge < -0.3 is 4.90 Å². The van der Waals surface area contributed by atoms with E-state index in [-0.39, 0.29) is 10.9 Å². The Balaban J connectivity index is 1.32. The van der Waals surface area contributed by atoms with Crippen molar-refractivity contribution in [1.82, 2.24) is 0 Å². The molecule has 0 aromatic heterocycles. The topological polar surface area (TPSA) is 3.24 Å². The Labute approximate surface area is 376 Å². The zero-order valence-corrected chi connectivity index (χ0v) is 34.5. The molecule has 0 saturated heterocycles. The van der Waals surface area contributed by atoms with E-state index in [4.69, 9.17) is 70.6 Å². The van der Waals surface area contributed by atoms with E-state index in [0.717, 1.165) is 78.3 Å². The maximum atomic E-state index is 7.23. The molecule has 0 spiro atoms. The number of hydrogen-bond acceptors (Lipinski definition) is 1. The molecule has 0 bridgehead atoms. The normalized spacial score (nSPS) is 13.8. The van der Waals surface area contributed by atoms with Gasteiger partial charge in [0.15, 0.2) is 0 Å².